The van der Waals surface area contributed by atoms with Crippen molar-refractivity contribution in [3.63, 3.8) is 0 Å². The van der Waals surface area contributed by atoms with Crippen molar-refractivity contribution in [2.75, 3.05) is 33.2 Å². The minimum Gasteiger partial charge on any atom is -0.313 e. The molecule has 5 nitrogen and oxygen atoms in total. The van der Waals surface area contributed by atoms with Gasteiger partial charge in [-0.2, -0.15) is 0 Å². The van der Waals surface area contributed by atoms with E-state index in [0.29, 0.717) is 12.6 Å². The van der Waals surface area contributed by atoms with E-state index in [1.54, 1.807) is 11.4 Å². The van der Waals surface area contributed by atoms with Crippen LogP contribution in [0.5, 0.6) is 0 Å². The van der Waals surface area contributed by atoms with E-state index in [-0.39, 0.29) is 11.3 Å². The lowest BCUT2D eigenvalue weighted by atomic mass is 10.1. The van der Waals surface area contributed by atoms with Gasteiger partial charge in [-0.15, -0.1) is 0 Å². The average Bonchev–Trinajstić information content (AvgIpc) is 3.28. The summed E-state index contributed by atoms with van der Waals surface area (Å²) in [6.07, 6.45) is 4.29. The fourth-order valence-electron chi connectivity index (χ4n) is 2.82. The molecule has 2 rings (SSSR count). The summed E-state index contributed by atoms with van der Waals surface area (Å²) in [5.41, 5.74) is 0. The highest BCUT2D eigenvalue weighted by Gasteiger charge is 2.33. The highest BCUT2D eigenvalue weighted by atomic mass is 32.2. The van der Waals surface area contributed by atoms with Gasteiger partial charge in [-0.1, -0.05) is 6.92 Å². The third kappa shape index (κ3) is 3.93. The van der Waals surface area contributed by atoms with Crippen molar-refractivity contribution < 1.29 is 8.42 Å². The molecule has 118 valence electrons. The fraction of sp³-hybridized carbons (Fsp3) is 1.00. The van der Waals surface area contributed by atoms with Crippen molar-refractivity contribution in [3.05, 3.63) is 0 Å². The molecule has 6 heteroatoms. The normalized spacial score (nSPS) is 24.2. The van der Waals surface area contributed by atoms with Crippen molar-refractivity contribution in [1.29, 1.82) is 0 Å². The molecule has 0 radical (unpaired) electrons. The summed E-state index contributed by atoms with van der Waals surface area (Å²) < 4.78 is 26.8. The number of piperidine rings is 1. The SMILES string of the molecule is CCN1CCC(N(C)S(=O)(=O)C(C)CNC2CC2)CC1. The van der Waals surface area contributed by atoms with Gasteiger partial charge >= 0.3 is 0 Å². The van der Waals surface area contributed by atoms with Gasteiger partial charge in [-0.25, -0.2) is 12.7 Å². The number of nitrogens with zero attached hydrogens (tertiary/aromatic N) is 2. The molecule has 1 N–H and O–H groups in total. The first kappa shape index (κ1) is 16.2. The zero-order chi connectivity index (χ0) is 14.8. The van der Waals surface area contributed by atoms with Crippen LogP contribution in [0.25, 0.3) is 0 Å². The number of hydrogen-bond acceptors (Lipinski definition) is 4. The summed E-state index contributed by atoms with van der Waals surface area (Å²) >= 11 is 0. The average molecular weight is 303 g/mol. The molecule has 0 aromatic carbocycles. The van der Waals surface area contributed by atoms with Gasteiger partial charge in [0.05, 0.1) is 5.25 Å². The zero-order valence-corrected chi connectivity index (χ0v) is 13.8. The van der Waals surface area contributed by atoms with E-state index < -0.39 is 10.0 Å². The van der Waals surface area contributed by atoms with Crippen molar-refractivity contribution >= 4 is 10.0 Å². The van der Waals surface area contributed by atoms with Crippen molar-refractivity contribution in [3.8, 4) is 0 Å². The van der Waals surface area contributed by atoms with E-state index in [1.807, 2.05) is 6.92 Å². The summed E-state index contributed by atoms with van der Waals surface area (Å²) in [6, 6.07) is 0.733. The Bertz CT molecular complexity index is 401. The van der Waals surface area contributed by atoms with Crippen LogP contribution in [-0.4, -0.2) is 68.2 Å². The van der Waals surface area contributed by atoms with Crippen LogP contribution in [0.4, 0.5) is 0 Å². The molecule has 0 aromatic heterocycles. The first-order valence-electron chi connectivity index (χ1n) is 7.87. The molecule has 2 aliphatic rings. The van der Waals surface area contributed by atoms with Gasteiger partial charge in [0.15, 0.2) is 0 Å². The predicted octanol–water partition coefficient (Wildman–Crippen LogP) is 0.873. The molecular formula is C14H29N3O2S. The number of nitrogens with one attached hydrogen (secondary N) is 1. The van der Waals surface area contributed by atoms with Gasteiger partial charge in [-0.05, 0) is 52.2 Å². The molecule has 0 aromatic rings. The van der Waals surface area contributed by atoms with Gasteiger partial charge < -0.3 is 10.2 Å². The Morgan fingerprint density at radius 2 is 1.85 bits per heavy atom. The lowest BCUT2D eigenvalue weighted by Crippen LogP contribution is -2.49. The van der Waals surface area contributed by atoms with Gasteiger partial charge in [0, 0.05) is 25.7 Å². The van der Waals surface area contributed by atoms with Crippen molar-refractivity contribution in [2.45, 2.75) is 56.9 Å². The van der Waals surface area contributed by atoms with E-state index in [1.165, 1.54) is 12.8 Å². The highest BCUT2D eigenvalue weighted by Crippen LogP contribution is 2.22. The molecular weight excluding hydrogens is 274 g/mol. The zero-order valence-electron chi connectivity index (χ0n) is 13.0. The lowest BCUT2D eigenvalue weighted by Gasteiger charge is -2.36. The first-order chi connectivity index (χ1) is 9.45. The molecule has 0 bridgehead atoms. The number of rotatable bonds is 7. The van der Waals surface area contributed by atoms with Crippen LogP contribution in [0.15, 0.2) is 0 Å². The molecule has 1 saturated heterocycles. The van der Waals surface area contributed by atoms with Crippen LogP contribution in [0.3, 0.4) is 0 Å². The van der Waals surface area contributed by atoms with Gasteiger partial charge in [0.25, 0.3) is 0 Å². The summed E-state index contributed by atoms with van der Waals surface area (Å²) in [5, 5.41) is 2.99. The Balaban J connectivity index is 1.87. The second-order valence-electron chi connectivity index (χ2n) is 6.22. The third-order valence-electron chi connectivity index (χ3n) is 4.70. The molecule has 0 amide bonds. The van der Waals surface area contributed by atoms with E-state index in [9.17, 15) is 8.42 Å². The Labute approximate surface area is 123 Å². The quantitative estimate of drug-likeness (QED) is 0.758. The number of hydrogen-bond donors (Lipinski definition) is 1. The lowest BCUT2D eigenvalue weighted by molar-refractivity contribution is 0.176. The second-order valence-corrected chi connectivity index (χ2v) is 8.63. The Hall–Kier alpha value is -0.170. The monoisotopic (exact) mass is 303 g/mol. The van der Waals surface area contributed by atoms with E-state index in [2.05, 4.69) is 17.1 Å². The minimum absolute atomic E-state index is 0.172. The van der Waals surface area contributed by atoms with E-state index >= 15 is 0 Å². The van der Waals surface area contributed by atoms with Crippen molar-refractivity contribution in [2.24, 2.45) is 0 Å². The summed E-state index contributed by atoms with van der Waals surface area (Å²) in [6.45, 7) is 7.64. The maximum absolute atomic E-state index is 12.6. The number of likely N-dealkylation sites (tertiary alicyclic amines) is 1. The molecule has 1 aliphatic heterocycles. The van der Waals surface area contributed by atoms with Crippen molar-refractivity contribution in [1.82, 2.24) is 14.5 Å². The van der Waals surface area contributed by atoms with Gasteiger partial charge in [-0.3, -0.25) is 0 Å². The second kappa shape index (κ2) is 6.73. The molecule has 1 aliphatic carbocycles. The molecule has 1 atom stereocenters. The first-order valence-corrected chi connectivity index (χ1v) is 9.38. The Kier molecular flexibility index (Phi) is 5.45. The molecule has 1 saturated carbocycles. The molecule has 1 unspecified atom stereocenters. The molecule has 20 heavy (non-hydrogen) atoms. The van der Waals surface area contributed by atoms with Gasteiger partial charge in [0.2, 0.25) is 10.0 Å². The van der Waals surface area contributed by atoms with Crippen LogP contribution in [0.2, 0.25) is 0 Å². The third-order valence-corrected chi connectivity index (χ3v) is 6.98. The van der Waals surface area contributed by atoms with Crippen LogP contribution in [0, 0.1) is 0 Å². The van der Waals surface area contributed by atoms with Crippen LogP contribution in [0.1, 0.15) is 39.5 Å². The minimum atomic E-state index is -3.18. The topological polar surface area (TPSA) is 52.7 Å². The van der Waals surface area contributed by atoms with Gasteiger partial charge in [0.1, 0.15) is 0 Å². The molecule has 1 heterocycles. The summed E-state index contributed by atoms with van der Waals surface area (Å²) in [7, 11) is -1.42. The molecule has 0 spiro atoms. The maximum Gasteiger partial charge on any atom is 0.217 e. The predicted molar refractivity (Wildman–Crippen MR) is 82.3 cm³/mol. The molecule has 2 fully saturated rings. The van der Waals surface area contributed by atoms with Crippen LogP contribution >= 0.6 is 0 Å². The summed E-state index contributed by atoms with van der Waals surface area (Å²) in [5.74, 6) is 0. The van der Waals surface area contributed by atoms with E-state index in [4.69, 9.17) is 0 Å². The Morgan fingerprint density at radius 1 is 1.25 bits per heavy atom. The number of sulfonamides is 1. The highest BCUT2D eigenvalue weighted by molar-refractivity contribution is 7.89. The standard InChI is InChI=1S/C14H29N3O2S/c1-4-17-9-7-14(8-10-17)16(3)20(18,19)12(2)11-15-13-5-6-13/h12-15H,4-11H2,1-3H3. The van der Waals surface area contributed by atoms with Crippen LogP contribution in [-0.2, 0) is 10.0 Å². The summed E-state index contributed by atoms with van der Waals surface area (Å²) in [4.78, 5) is 2.38. The Morgan fingerprint density at radius 3 is 2.35 bits per heavy atom. The smallest absolute Gasteiger partial charge is 0.217 e. The largest absolute Gasteiger partial charge is 0.313 e. The van der Waals surface area contributed by atoms with Crippen LogP contribution < -0.4 is 5.32 Å². The maximum atomic E-state index is 12.6. The fourth-order valence-corrected chi connectivity index (χ4v) is 4.32. The van der Waals surface area contributed by atoms with E-state index in [0.717, 1.165) is 32.5 Å².